The van der Waals surface area contributed by atoms with Crippen molar-refractivity contribution in [2.24, 2.45) is 5.73 Å². The van der Waals surface area contributed by atoms with Crippen molar-refractivity contribution in [3.8, 4) is 0 Å². The van der Waals surface area contributed by atoms with E-state index in [-0.39, 0.29) is 0 Å². The van der Waals surface area contributed by atoms with Gasteiger partial charge in [0.05, 0.1) is 12.7 Å². The minimum Gasteiger partial charge on any atom is -0.444 e. The molecule has 72 valence electrons. The van der Waals surface area contributed by atoms with E-state index in [0.717, 1.165) is 5.76 Å². The van der Waals surface area contributed by atoms with E-state index in [9.17, 15) is 0 Å². The van der Waals surface area contributed by atoms with Gasteiger partial charge in [-0.25, -0.2) is 4.98 Å². The van der Waals surface area contributed by atoms with Crippen molar-refractivity contribution in [1.29, 1.82) is 0 Å². The van der Waals surface area contributed by atoms with Gasteiger partial charge in [-0.05, 0) is 12.8 Å². The van der Waals surface area contributed by atoms with Crippen LogP contribution in [0.5, 0.6) is 0 Å². The number of aromatic nitrogens is 1. The first kappa shape index (κ1) is 8.75. The van der Waals surface area contributed by atoms with Crippen LogP contribution in [0.2, 0.25) is 0 Å². The van der Waals surface area contributed by atoms with E-state index in [0.29, 0.717) is 18.4 Å². The van der Waals surface area contributed by atoms with E-state index in [1.54, 1.807) is 0 Å². The topological polar surface area (TPSA) is 52.0 Å². The predicted octanol–water partition coefficient (Wildman–Crippen LogP) is 2.18. The minimum atomic E-state index is 0.409. The molecule has 1 aromatic heterocycles. The Hall–Kier alpha value is -0.830. The highest BCUT2D eigenvalue weighted by Crippen LogP contribution is 2.32. The summed E-state index contributed by atoms with van der Waals surface area (Å²) >= 11 is 0. The van der Waals surface area contributed by atoms with Gasteiger partial charge in [0, 0.05) is 5.92 Å². The van der Waals surface area contributed by atoms with Crippen molar-refractivity contribution in [3.63, 3.8) is 0 Å². The highest BCUT2D eigenvalue weighted by molar-refractivity contribution is 5.02. The second kappa shape index (κ2) is 3.92. The molecule has 3 heteroatoms. The summed E-state index contributed by atoms with van der Waals surface area (Å²) in [5, 5.41) is 0. The largest absolute Gasteiger partial charge is 0.444 e. The van der Waals surface area contributed by atoms with Gasteiger partial charge < -0.3 is 10.2 Å². The average molecular weight is 180 g/mol. The summed E-state index contributed by atoms with van der Waals surface area (Å²) in [6.45, 7) is 0.409. The summed E-state index contributed by atoms with van der Waals surface area (Å²) < 4.78 is 5.54. The minimum absolute atomic E-state index is 0.409. The summed E-state index contributed by atoms with van der Waals surface area (Å²) in [6, 6.07) is 0. The first-order chi connectivity index (χ1) is 6.40. The summed E-state index contributed by atoms with van der Waals surface area (Å²) in [7, 11) is 0. The zero-order valence-electron chi connectivity index (χ0n) is 7.83. The van der Waals surface area contributed by atoms with Crippen LogP contribution in [0.3, 0.4) is 0 Å². The zero-order valence-corrected chi connectivity index (χ0v) is 7.83. The lowest BCUT2D eigenvalue weighted by atomic mass is 9.88. The van der Waals surface area contributed by atoms with E-state index in [1.165, 1.54) is 32.1 Å². The van der Waals surface area contributed by atoms with Gasteiger partial charge in [-0.2, -0.15) is 0 Å². The summed E-state index contributed by atoms with van der Waals surface area (Å²) in [5.74, 6) is 2.31. The third kappa shape index (κ3) is 1.91. The molecule has 1 aliphatic rings. The highest BCUT2D eigenvalue weighted by atomic mass is 16.4. The van der Waals surface area contributed by atoms with Crippen molar-refractivity contribution >= 4 is 0 Å². The molecule has 0 unspecified atom stereocenters. The molecule has 3 nitrogen and oxygen atoms in total. The molecule has 0 amide bonds. The second-order valence-electron chi connectivity index (χ2n) is 3.70. The van der Waals surface area contributed by atoms with Gasteiger partial charge in [-0.1, -0.05) is 19.3 Å². The van der Waals surface area contributed by atoms with Crippen molar-refractivity contribution in [1.82, 2.24) is 4.98 Å². The standard InChI is InChI=1S/C10H16N2O/c11-6-10-12-7-9(13-10)8-4-2-1-3-5-8/h7-8H,1-6,11H2. The van der Waals surface area contributed by atoms with Crippen LogP contribution in [0.4, 0.5) is 0 Å². The molecule has 0 aromatic carbocycles. The highest BCUT2D eigenvalue weighted by Gasteiger charge is 2.18. The summed E-state index contributed by atoms with van der Waals surface area (Å²) in [6.07, 6.45) is 8.36. The van der Waals surface area contributed by atoms with Gasteiger partial charge >= 0.3 is 0 Å². The lowest BCUT2D eigenvalue weighted by Gasteiger charge is -2.18. The third-order valence-electron chi connectivity index (χ3n) is 2.75. The predicted molar refractivity (Wildman–Crippen MR) is 50.2 cm³/mol. The summed E-state index contributed by atoms with van der Waals surface area (Å²) in [4.78, 5) is 4.12. The smallest absolute Gasteiger partial charge is 0.208 e. The first-order valence-corrected chi connectivity index (χ1v) is 5.05. The van der Waals surface area contributed by atoms with Crippen LogP contribution in [0.15, 0.2) is 10.6 Å². The van der Waals surface area contributed by atoms with E-state index in [4.69, 9.17) is 10.2 Å². The Kier molecular flexibility index (Phi) is 2.64. The Balaban J connectivity index is 2.05. The molecule has 2 rings (SSSR count). The number of nitrogens with two attached hydrogens (primary N) is 1. The maximum absolute atomic E-state index is 5.54. The van der Waals surface area contributed by atoms with Crippen LogP contribution in [0.25, 0.3) is 0 Å². The van der Waals surface area contributed by atoms with Crippen LogP contribution in [-0.4, -0.2) is 4.98 Å². The van der Waals surface area contributed by atoms with E-state index in [2.05, 4.69) is 4.98 Å². The van der Waals surface area contributed by atoms with Crippen LogP contribution < -0.4 is 5.73 Å². The van der Waals surface area contributed by atoms with Gasteiger partial charge in [0.1, 0.15) is 5.76 Å². The lowest BCUT2D eigenvalue weighted by molar-refractivity contribution is 0.360. The Labute approximate surface area is 78.3 Å². The van der Waals surface area contributed by atoms with Crippen LogP contribution >= 0.6 is 0 Å². The maximum Gasteiger partial charge on any atom is 0.208 e. The average Bonchev–Trinajstić information content (AvgIpc) is 2.67. The number of rotatable bonds is 2. The molecule has 1 aromatic rings. The molecule has 1 aliphatic carbocycles. The third-order valence-corrected chi connectivity index (χ3v) is 2.75. The van der Waals surface area contributed by atoms with E-state index >= 15 is 0 Å². The van der Waals surface area contributed by atoms with Gasteiger partial charge in [0.2, 0.25) is 5.89 Å². The molecule has 1 saturated carbocycles. The molecule has 1 heterocycles. The lowest BCUT2D eigenvalue weighted by Crippen LogP contribution is -2.03. The van der Waals surface area contributed by atoms with Gasteiger partial charge in [0.15, 0.2) is 0 Å². The Bertz CT molecular complexity index is 264. The molecule has 1 fully saturated rings. The fraction of sp³-hybridized carbons (Fsp3) is 0.700. The quantitative estimate of drug-likeness (QED) is 0.759. The summed E-state index contributed by atoms with van der Waals surface area (Å²) in [5.41, 5.74) is 5.44. The van der Waals surface area contributed by atoms with Gasteiger partial charge in [0.25, 0.3) is 0 Å². The number of hydrogen-bond acceptors (Lipinski definition) is 3. The molecule has 0 atom stereocenters. The Morgan fingerprint density at radius 3 is 2.77 bits per heavy atom. The molecule has 0 bridgehead atoms. The zero-order chi connectivity index (χ0) is 9.10. The molecular weight excluding hydrogens is 164 g/mol. The number of nitrogens with zero attached hydrogens (tertiary/aromatic N) is 1. The normalized spacial score (nSPS) is 19.2. The Morgan fingerprint density at radius 1 is 1.38 bits per heavy atom. The van der Waals surface area contributed by atoms with Crippen molar-refractivity contribution in [2.45, 2.75) is 44.6 Å². The second-order valence-corrected chi connectivity index (χ2v) is 3.70. The van der Waals surface area contributed by atoms with Crippen LogP contribution in [0.1, 0.15) is 49.7 Å². The molecule has 0 saturated heterocycles. The maximum atomic E-state index is 5.54. The molecule has 0 spiro atoms. The molecular formula is C10H16N2O. The molecule has 13 heavy (non-hydrogen) atoms. The van der Waals surface area contributed by atoms with Gasteiger partial charge in [-0.3, -0.25) is 0 Å². The fourth-order valence-electron chi connectivity index (χ4n) is 1.99. The molecule has 0 aliphatic heterocycles. The van der Waals surface area contributed by atoms with Crippen LogP contribution in [0, 0.1) is 0 Å². The molecule has 2 N–H and O–H groups in total. The van der Waals surface area contributed by atoms with Crippen molar-refractivity contribution in [2.75, 3.05) is 0 Å². The monoisotopic (exact) mass is 180 g/mol. The molecule has 0 radical (unpaired) electrons. The number of hydrogen-bond donors (Lipinski definition) is 1. The van der Waals surface area contributed by atoms with Crippen LogP contribution in [-0.2, 0) is 6.54 Å². The van der Waals surface area contributed by atoms with E-state index < -0.39 is 0 Å². The van der Waals surface area contributed by atoms with E-state index in [1.807, 2.05) is 6.20 Å². The van der Waals surface area contributed by atoms with Crippen molar-refractivity contribution < 1.29 is 4.42 Å². The van der Waals surface area contributed by atoms with Crippen molar-refractivity contribution in [3.05, 3.63) is 17.8 Å². The SMILES string of the molecule is NCc1ncc(C2CCCCC2)o1. The van der Waals surface area contributed by atoms with Gasteiger partial charge in [-0.15, -0.1) is 0 Å². The Morgan fingerprint density at radius 2 is 2.15 bits per heavy atom. The fourth-order valence-corrected chi connectivity index (χ4v) is 1.99. The first-order valence-electron chi connectivity index (χ1n) is 5.05. The number of oxazole rings is 1.